The average Bonchev–Trinajstić information content (AvgIpc) is 2.43. The highest BCUT2D eigenvalue weighted by atomic mass is 15.3. The molecule has 0 aromatic heterocycles. The van der Waals surface area contributed by atoms with Gasteiger partial charge in [0.05, 0.1) is 0 Å². The third kappa shape index (κ3) is 3.96. The van der Waals surface area contributed by atoms with Gasteiger partial charge in [0.1, 0.15) is 0 Å². The zero-order valence-electron chi connectivity index (χ0n) is 14.3. The summed E-state index contributed by atoms with van der Waals surface area (Å²) in [6.45, 7) is 19.4. The molecule has 2 atom stereocenters. The van der Waals surface area contributed by atoms with E-state index in [9.17, 15) is 0 Å². The first-order valence-corrected chi connectivity index (χ1v) is 8.73. The fourth-order valence-corrected chi connectivity index (χ4v) is 4.03. The second kappa shape index (κ2) is 7.24. The van der Waals surface area contributed by atoms with Gasteiger partial charge in [0.25, 0.3) is 0 Å². The summed E-state index contributed by atoms with van der Waals surface area (Å²) < 4.78 is 0. The Labute approximate surface area is 126 Å². The molecule has 0 bridgehead atoms. The van der Waals surface area contributed by atoms with Crippen molar-refractivity contribution < 1.29 is 0 Å². The summed E-state index contributed by atoms with van der Waals surface area (Å²) >= 11 is 0. The van der Waals surface area contributed by atoms with Gasteiger partial charge in [0, 0.05) is 37.8 Å². The number of rotatable bonds is 4. The van der Waals surface area contributed by atoms with Crippen molar-refractivity contribution >= 4 is 0 Å². The summed E-state index contributed by atoms with van der Waals surface area (Å²) in [5.41, 5.74) is 0. The third-order valence-corrected chi connectivity index (χ3v) is 5.47. The molecule has 0 saturated carbocycles. The minimum atomic E-state index is 0.724. The minimum absolute atomic E-state index is 0.724. The number of nitrogens with zero attached hydrogens (tertiary/aromatic N) is 3. The highest BCUT2D eigenvalue weighted by Crippen LogP contribution is 2.24. The fourth-order valence-electron chi connectivity index (χ4n) is 4.03. The number of piperazine rings is 1. The van der Waals surface area contributed by atoms with Gasteiger partial charge < -0.3 is 9.80 Å². The van der Waals surface area contributed by atoms with Crippen LogP contribution in [0.15, 0.2) is 0 Å². The molecular weight excluding hydrogens is 246 g/mol. The van der Waals surface area contributed by atoms with E-state index >= 15 is 0 Å². The van der Waals surface area contributed by atoms with E-state index in [2.05, 4.69) is 49.3 Å². The van der Waals surface area contributed by atoms with Crippen molar-refractivity contribution in [2.45, 2.75) is 65.6 Å². The Morgan fingerprint density at radius 1 is 1.00 bits per heavy atom. The average molecular weight is 281 g/mol. The molecule has 2 heterocycles. The van der Waals surface area contributed by atoms with E-state index in [0.29, 0.717) is 0 Å². The monoisotopic (exact) mass is 281 g/mol. The van der Waals surface area contributed by atoms with Crippen molar-refractivity contribution in [2.24, 2.45) is 5.92 Å². The lowest BCUT2D eigenvalue weighted by molar-refractivity contribution is 0.0186. The van der Waals surface area contributed by atoms with Crippen molar-refractivity contribution in [3.63, 3.8) is 0 Å². The predicted octanol–water partition coefficient (Wildman–Crippen LogP) is 2.52. The van der Waals surface area contributed by atoms with E-state index < -0.39 is 0 Å². The van der Waals surface area contributed by atoms with E-state index in [1.54, 1.807) is 0 Å². The van der Waals surface area contributed by atoms with Gasteiger partial charge in [-0.2, -0.15) is 0 Å². The smallest absolute Gasteiger partial charge is 0.0198 e. The largest absolute Gasteiger partial charge is 0.301 e. The molecular formula is C17H35N3. The molecule has 20 heavy (non-hydrogen) atoms. The van der Waals surface area contributed by atoms with Crippen LogP contribution in [-0.4, -0.2) is 72.1 Å². The molecule has 0 spiro atoms. The number of hydrogen-bond acceptors (Lipinski definition) is 3. The molecule has 118 valence electrons. The van der Waals surface area contributed by atoms with Crippen LogP contribution < -0.4 is 0 Å². The Kier molecular flexibility index (Phi) is 5.88. The lowest BCUT2D eigenvalue weighted by Crippen LogP contribution is -2.58. The Morgan fingerprint density at radius 2 is 1.55 bits per heavy atom. The summed E-state index contributed by atoms with van der Waals surface area (Å²) in [4.78, 5) is 8.02. The predicted molar refractivity (Wildman–Crippen MR) is 87.2 cm³/mol. The quantitative estimate of drug-likeness (QED) is 0.784. The van der Waals surface area contributed by atoms with Crippen LogP contribution in [0.25, 0.3) is 0 Å². The first-order chi connectivity index (χ1) is 9.51. The molecule has 2 saturated heterocycles. The molecule has 2 fully saturated rings. The SMILES string of the molecule is CCN1C[C@@H](C)N(CC2CCN(C(C)C)CC2)[C@@H](C)C1. The molecule has 0 amide bonds. The summed E-state index contributed by atoms with van der Waals surface area (Å²) in [5.74, 6) is 0.920. The standard InChI is InChI=1S/C17H35N3/c1-6-18-11-15(4)20(16(5)12-18)13-17-7-9-19(10-8-17)14(2)3/h14-17H,6-13H2,1-5H3/t15-,16+. The molecule has 2 aliphatic heterocycles. The number of likely N-dealkylation sites (N-methyl/N-ethyl adjacent to an activating group) is 1. The zero-order valence-corrected chi connectivity index (χ0v) is 14.3. The van der Waals surface area contributed by atoms with Crippen molar-refractivity contribution in [1.82, 2.24) is 14.7 Å². The first kappa shape index (κ1) is 16.3. The Hall–Kier alpha value is -0.120. The van der Waals surface area contributed by atoms with Crippen molar-refractivity contribution in [1.29, 1.82) is 0 Å². The van der Waals surface area contributed by atoms with Gasteiger partial charge in [-0.05, 0) is 66.1 Å². The Balaban J connectivity index is 1.81. The van der Waals surface area contributed by atoms with E-state index in [0.717, 1.165) is 24.0 Å². The number of piperidine rings is 1. The highest BCUT2D eigenvalue weighted by Gasteiger charge is 2.31. The Bertz CT molecular complexity index is 272. The first-order valence-electron chi connectivity index (χ1n) is 8.73. The topological polar surface area (TPSA) is 9.72 Å². The normalized spacial score (nSPS) is 32.1. The van der Waals surface area contributed by atoms with E-state index in [1.165, 1.54) is 52.1 Å². The molecule has 2 rings (SSSR count). The molecule has 0 aromatic rings. The van der Waals surface area contributed by atoms with Gasteiger partial charge in [-0.1, -0.05) is 6.92 Å². The lowest BCUT2D eigenvalue weighted by atomic mass is 9.93. The van der Waals surface area contributed by atoms with Crippen LogP contribution >= 0.6 is 0 Å². The van der Waals surface area contributed by atoms with Crippen molar-refractivity contribution in [2.75, 3.05) is 39.3 Å². The van der Waals surface area contributed by atoms with Crippen LogP contribution in [0.2, 0.25) is 0 Å². The second-order valence-electron chi connectivity index (χ2n) is 7.32. The molecule has 3 nitrogen and oxygen atoms in total. The fraction of sp³-hybridized carbons (Fsp3) is 1.00. The van der Waals surface area contributed by atoms with Crippen LogP contribution in [0, 0.1) is 5.92 Å². The van der Waals surface area contributed by atoms with Gasteiger partial charge in [-0.3, -0.25) is 4.90 Å². The van der Waals surface area contributed by atoms with E-state index in [4.69, 9.17) is 0 Å². The van der Waals surface area contributed by atoms with Crippen molar-refractivity contribution in [3.8, 4) is 0 Å². The molecule has 0 aromatic carbocycles. The summed E-state index contributed by atoms with van der Waals surface area (Å²) in [6.07, 6.45) is 2.79. The second-order valence-corrected chi connectivity index (χ2v) is 7.32. The van der Waals surface area contributed by atoms with Gasteiger partial charge >= 0.3 is 0 Å². The molecule has 0 unspecified atom stereocenters. The zero-order chi connectivity index (χ0) is 14.7. The van der Waals surface area contributed by atoms with Gasteiger partial charge in [-0.25, -0.2) is 0 Å². The molecule has 0 radical (unpaired) electrons. The van der Waals surface area contributed by atoms with Crippen LogP contribution in [0.3, 0.4) is 0 Å². The summed E-state index contributed by atoms with van der Waals surface area (Å²) in [7, 11) is 0. The number of likely N-dealkylation sites (tertiary alicyclic amines) is 1. The lowest BCUT2D eigenvalue weighted by Gasteiger charge is -2.46. The van der Waals surface area contributed by atoms with Gasteiger partial charge in [0.2, 0.25) is 0 Å². The van der Waals surface area contributed by atoms with Crippen LogP contribution in [0.5, 0.6) is 0 Å². The molecule has 3 heteroatoms. The van der Waals surface area contributed by atoms with Crippen molar-refractivity contribution in [3.05, 3.63) is 0 Å². The maximum absolute atomic E-state index is 2.78. The van der Waals surface area contributed by atoms with Crippen LogP contribution in [-0.2, 0) is 0 Å². The van der Waals surface area contributed by atoms with E-state index in [-0.39, 0.29) is 0 Å². The van der Waals surface area contributed by atoms with Gasteiger partial charge in [-0.15, -0.1) is 0 Å². The highest BCUT2D eigenvalue weighted by molar-refractivity contribution is 4.87. The van der Waals surface area contributed by atoms with Gasteiger partial charge in [0.15, 0.2) is 0 Å². The maximum Gasteiger partial charge on any atom is 0.0198 e. The number of hydrogen-bond donors (Lipinski definition) is 0. The third-order valence-electron chi connectivity index (χ3n) is 5.47. The molecule has 0 N–H and O–H groups in total. The minimum Gasteiger partial charge on any atom is -0.301 e. The summed E-state index contributed by atoms with van der Waals surface area (Å²) in [6, 6.07) is 2.17. The van der Waals surface area contributed by atoms with Crippen LogP contribution in [0.4, 0.5) is 0 Å². The Morgan fingerprint density at radius 3 is 2.00 bits per heavy atom. The molecule has 0 aliphatic carbocycles. The molecule has 2 aliphatic rings. The summed E-state index contributed by atoms with van der Waals surface area (Å²) in [5, 5.41) is 0. The van der Waals surface area contributed by atoms with E-state index in [1.807, 2.05) is 0 Å². The van der Waals surface area contributed by atoms with Crippen LogP contribution in [0.1, 0.15) is 47.5 Å². The maximum atomic E-state index is 2.78.